The van der Waals surface area contributed by atoms with Gasteiger partial charge >= 0.3 is 0 Å². The summed E-state index contributed by atoms with van der Waals surface area (Å²) in [5.41, 5.74) is 6.23. The van der Waals surface area contributed by atoms with Gasteiger partial charge in [0.15, 0.2) is 0 Å². The lowest BCUT2D eigenvalue weighted by molar-refractivity contribution is 0.317. The maximum Gasteiger partial charge on any atom is 0.213 e. The molecule has 0 aliphatic rings. The lowest BCUT2D eigenvalue weighted by Crippen LogP contribution is -2.14. The highest BCUT2D eigenvalue weighted by Crippen LogP contribution is 2.08. The van der Waals surface area contributed by atoms with Crippen LogP contribution in [-0.2, 0) is 6.42 Å². The van der Waals surface area contributed by atoms with E-state index in [2.05, 4.69) is 10.1 Å². The van der Waals surface area contributed by atoms with Crippen molar-refractivity contribution in [3.8, 4) is 5.88 Å². The summed E-state index contributed by atoms with van der Waals surface area (Å²) in [5.74, 6) is 0.677. The molecule has 1 heterocycles. The minimum Gasteiger partial charge on any atom is -0.481 e. The number of ether oxygens (including phenoxy) is 1. The summed E-state index contributed by atoms with van der Waals surface area (Å²) in [6.45, 7) is 0. The summed E-state index contributed by atoms with van der Waals surface area (Å²) < 4.78 is 4.92. The van der Waals surface area contributed by atoms with Crippen LogP contribution in [0.1, 0.15) is 5.56 Å². The predicted octanol–water partition coefficient (Wildman–Crippen LogP) is 0.379. The molecule has 0 fully saturated rings. The van der Waals surface area contributed by atoms with E-state index in [0.29, 0.717) is 12.3 Å². The van der Waals surface area contributed by atoms with Crippen molar-refractivity contribution in [2.75, 3.05) is 7.11 Å². The number of hydrogen-bond acceptors (Lipinski definition) is 4. The highest BCUT2D eigenvalue weighted by molar-refractivity contribution is 5.82. The summed E-state index contributed by atoms with van der Waals surface area (Å²) in [6.07, 6.45) is 1.99. The molecule has 0 saturated heterocycles. The summed E-state index contributed by atoms with van der Waals surface area (Å²) in [6, 6.07) is 3.51. The molecular formula is C8H11N3O2. The maximum atomic E-state index is 8.34. The SMILES string of the molecule is COc1cc(C/C(N)=N/O)ccn1. The van der Waals surface area contributed by atoms with Gasteiger partial charge in [0.2, 0.25) is 5.88 Å². The molecule has 0 aliphatic carbocycles. The first-order valence-corrected chi connectivity index (χ1v) is 3.71. The number of pyridine rings is 1. The van der Waals surface area contributed by atoms with E-state index in [0.717, 1.165) is 5.56 Å². The summed E-state index contributed by atoms with van der Waals surface area (Å²) in [7, 11) is 1.54. The quantitative estimate of drug-likeness (QED) is 0.306. The van der Waals surface area contributed by atoms with Crippen molar-refractivity contribution < 1.29 is 9.94 Å². The van der Waals surface area contributed by atoms with Crippen LogP contribution in [-0.4, -0.2) is 23.1 Å². The molecule has 5 nitrogen and oxygen atoms in total. The van der Waals surface area contributed by atoms with Gasteiger partial charge in [0.05, 0.1) is 7.11 Å². The van der Waals surface area contributed by atoms with Crippen LogP contribution >= 0.6 is 0 Å². The average molecular weight is 181 g/mol. The molecule has 3 N–H and O–H groups in total. The van der Waals surface area contributed by atoms with Crippen molar-refractivity contribution in [3.63, 3.8) is 0 Å². The summed E-state index contributed by atoms with van der Waals surface area (Å²) in [5, 5.41) is 11.2. The Morgan fingerprint density at radius 3 is 3.15 bits per heavy atom. The molecule has 0 unspecified atom stereocenters. The largest absolute Gasteiger partial charge is 0.481 e. The van der Waals surface area contributed by atoms with Gasteiger partial charge in [0.1, 0.15) is 5.84 Å². The molecular weight excluding hydrogens is 170 g/mol. The average Bonchev–Trinajstić information content (AvgIpc) is 2.18. The van der Waals surface area contributed by atoms with E-state index in [1.165, 1.54) is 7.11 Å². The van der Waals surface area contributed by atoms with E-state index in [1.54, 1.807) is 18.3 Å². The zero-order chi connectivity index (χ0) is 9.68. The Labute approximate surface area is 75.8 Å². The van der Waals surface area contributed by atoms with E-state index in [9.17, 15) is 0 Å². The molecule has 0 aliphatic heterocycles. The van der Waals surface area contributed by atoms with Gasteiger partial charge < -0.3 is 15.7 Å². The third kappa shape index (κ3) is 2.62. The second kappa shape index (κ2) is 4.30. The molecule has 0 bridgehead atoms. The van der Waals surface area contributed by atoms with Crippen LogP contribution in [0.2, 0.25) is 0 Å². The fraction of sp³-hybridized carbons (Fsp3) is 0.250. The number of amidine groups is 1. The molecule has 70 valence electrons. The smallest absolute Gasteiger partial charge is 0.213 e. The molecule has 0 radical (unpaired) electrons. The minimum absolute atomic E-state index is 0.160. The van der Waals surface area contributed by atoms with Gasteiger partial charge in [-0.2, -0.15) is 0 Å². The van der Waals surface area contributed by atoms with Crippen LogP contribution in [0.4, 0.5) is 0 Å². The monoisotopic (exact) mass is 181 g/mol. The van der Waals surface area contributed by atoms with Gasteiger partial charge in [-0.05, 0) is 11.6 Å². The Balaban J connectivity index is 2.77. The first kappa shape index (κ1) is 9.31. The lowest BCUT2D eigenvalue weighted by atomic mass is 10.2. The molecule has 1 rings (SSSR count). The van der Waals surface area contributed by atoms with E-state index in [1.807, 2.05) is 0 Å². The molecule has 0 saturated carbocycles. The third-order valence-electron chi connectivity index (χ3n) is 1.52. The molecule has 0 atom stereocenters. The Hall–Kier alpha value is -1.78. The van der Waals surface area contributed by atoms with Crippen LogP contribution < -0.4 is 10.5 Å². The van der Waals surface area contributed by atoms with Crippen molar-refractivity contribution in [3.05, 3.63) is 23.9 Å². The van der Waals surface area contributed by atoms with Gasteiger partial charge in [-0.25, -0.2) is 4.98 Å². The second-order valence-corrected chi connectivity index (χ2v) is 2.47. The normalized spacial score (nSPS) is 11.3. The number of aromatic nitrogens is 1. The maximum absolute atomic E-state index is 8.34. The fourth-order valence-electron chi connectivity index (χ4n) is 0.917. The number of hydrogen-bond donors (Lipinski definition) is 2. The highest BCUT2D eigenvalue weighted by Gasteiger charge is 1.99. The van der Waals surface area contributed by atoms with Gasteiger partial charge in [-0.3, -0.25) is 0 Å². The molecule has 0 amide bonds. The van der Waals surface area contributed by atoms with Crippen molar-refractivity contribution in [2.24, 2.45) is 10.9 Å². The number of methoxy groups -OCH3 is 1. The topological polar surface area (TPSA) is 80.7 Å². The van der Waals surface area contributed by atoms with Gasteiger partial charge in [0.25, 0.3) is 0 Å². The Morgan fingerprint density at radius 1 is 1.77 bits per heavy atom. The first-order chi connectivity index (χ1) is 6.26. The molecule has 5 heteroatoms. The highest BCUT2D eigenvalue weighted by atomic mass is 16.5. The molecule has 13 heavy (non-hydrogen) atoms. The van der Waals surface area contributed by atoms with Crippen molar-refractivity contribution in [2.45, 2.75) is 6.42 Å². The van der Waals surface area contributed by atoms with Crippen LogP contribution in [0.5, 0.6) is 5.88 Å². The van der Waals surface area contributed by atoms with Crippen LogP contribution in [0.25, 0.3) is 0 Å². The molecule has 1 aromatic heterocycles. The van der Waals surface area contributed by atoms with E-state index in [-0.39, 0.29) is 5.84 Å². The fourth-order valence-corrected chi connectivity index (χ4v) is 0.917. The van der Waals surface area contributed by atoms with Crippen molar-refractivity contribution in [1.82, 2.24) is 4.98 Å². The van der Waals surface area contributed by atoms with E-state index >= 15 is 0 Å². The van der Waals surface area contributed by atoms with Gasteiger partial charge in [0, 0.05) is 18.7 Å². The molecule has 0 aromatic carbocycles. The Kier molecular flexibility index (Phi) is 3.08. The minimum atomic E-state index is 0.160. The zero-order valence-electron chi connectivity index (χ0n) is 7.27. The summed E-state index contributed by atoms with van der Waals surface area (Å²) in [4.78, 5) is 3.93. The van der Waals surface area contributed by atoms with E-state index < -0.39 is 0 Å². The zero-order valence-corrected chi connectivity index (χ0v) is 7.27. The van der Waals surface area contributed by atoms with Crippen LogP contribution in [0.15, 0.2) is 23.5 Å². The molecule has 0 spiro atoms. The third-order valence-corrected chi connectivity index (χ3v) is 1.52. The number of nitrogens with two attached hydrogens (primary N) is 1. The summed E-state index contributed by atoms with van der Waals surface area (Å²) >= 11 is 0. The standard InChI is InChI=1S/C8H11N3O2/c1-13-8-5-6(2-3-10-8)4-7(9)11-12/h2-3,5,12H,4H2,1H3,(H2,9,11). The molecule has 1 aromatic rings. The Morgan fingerprint density at radius 2 is 2.54 bits per heavy atom. The lowest BCUT2D eigenvalue weighted by Gasteiger charge is -2.01. The number of nitrogens with zero attached hydrogens (tertiary/aromatic N) is 2. The number of oxime groups is 1. The Bertz CT molecular complexity index is 312. The van der Waals surface area contributed by atoms with Gasteiger partial charge in [-0.1, -0.05) is 5.16 Å². The first-order valence-electron chi connectivity index (χ1n) is 3.71. The van der Waals surface area contributed by atoms with E-state index in [4.69, 9.17) is 15.7 Å². The second-order valence-electron chi connectivity index (χ2n) is 2.47. The predicted molar refractivity (Wildman–Crippen MR) is 47.9 cm³/mol. The number of rotatable bonds is 3. The van der Waals surface area contributed by atoms with Crippen LogP contribution in [0, 0.1) is 0 Å². The van der Waals surface area contributed by atoms with Gasteiger partial charge in [-0.15, -0.1) is 0 Å². The van der Waals surface area contributed by atoms with Crippen molar-refractivity contribution in [1.29, 1.82) is 0 Å². The van der Waals surface area contributed by atoms with Crippen LogP contribution in [0.3, 0.4) is 0 Å². The van der Waals surface area contributed by atoms with Crippen molar-refractivity contribution >= 4 is 5.84 Å².